The van der Waals surface area contributed by atoms with Gasteiger partial charge in [-0.2, -0.15) is 0 Å². The quantitative estimate of drug-likeness (QED) is 0.463. The fraction of sp³-hybridized carbons (Fsp3) is 0.429. The minimum absolute atomic E-state index is 0.106. The van der Waals surface area contributed by atoms with Crippen molar-refractivity contribution in [2.45, 2.75) is 37.8 Å². The van der Waals surface area contributed by atoms with Crippen LogP contribution in [-0.4, -0.2) is 60.3 Å². The van der Waals surface area contributed by atoms with Crippen LogP contribution in [0.2, 0.25) is 0 Å². The van der Waals surface area contributed by atoms with Crippen LogP contribution in [0, 0.1) is 11.6 Å². The Morgan fingerprint density at radius 2 is 1.64 bits per heavy atom. The molecule has 0 unspecified atom stereocenters. The highest BCUT2D eigenvalue weighted by Gasteiger charge is 2.37. The summed E-state index contributed by atoms with van der Waals surface area (Å²) in [4.78, 5) is 22.5. The molecule has 1 aliphatic carbocycles. The van der Waals surface area contributed by atoms with Gasteiger partial charge in [0.1, 0.15) is 11.6 Å². The highest BCUT2D eigenvalue weighted by molar-refractivity contribution is 5.38. The van der Waals surface area contributed by atoms with Gasteiger partial charge in [0.25, 0.3) is 5.56 Å². The van der Waals surface area contributed by atoms with Crippen molar-refractivity contribution in [1.82, 2.24) is 19.8 Å². The molecule has 2 heterocycles. The first kappa shape index (κ1) is 24.6. The summed E-state index contributed by atoms with van der Waals surface area (Å²) in [6.45, 7) is 4.56. The number of benzene rings is 2. The van der Waals surface area contributed by atoms with Gasteiger partial charge in [-0.3, -0.25) is 4.79 Å². The van der Waals surface area contributed by atoms with Gasteiger partial charge in [0.2, 0.25) is 0 Å². The summed E-state index contributed by atoms with van der Waals surface area (Å²) in [5, 5.41) is 3.60. The van der Waals surface area contributed by atoms with E-state index in [2.05, 4.69) is 22.2 Å². The maximum atomic E-state index is 13.4. The Balaban J connectivity index is 1.24. The van der Waals surface area contributed by atoms with Crippen molar-refractivity contribution >= 4 is 5.82 Å². The second-order valence-corrected chi connectivity index (χ2v) is 9.96. The number of likely N-dealkylation sites (N-methyl/N-ethyl adjacent to an activating group) is 1. The van der Waals surface area contributed by atoms with Gasteiger partial charge in [-0.25, -0.2) is 13.8 Å². The molecule has 5 rings (SSSR count). The first-order valence-corrected chi connectivity index (χ1v) is 12.7. The largest absolute Gasteiger partial charge is 0.349 e. The number of aryl methyl sites for hydroxylation is 1. The lowest BCUT2D eigenvalue weighted by Gasteiger charge is -2.33. The Bertz CT molecular complexity index is 1220. The number of nitrogens with one attached hydrogen (secondary N) is 1. The van der Waals surface area contributed by atoms with Gasteiger partial charge in [-0.15, -0.1) is 0 Å². The van der Waals surface area contributed by atoms with E-state index in [0.717, 1.165) is 63.2 Å². The Hall–Kier alpha value is -3.10. The van der Waals surface area contributed by atoms with Gasteiger partial charge < -0.3 is 19.7 Å². The topological polar surface area (TPSA) is 53.4 Å². The molecule has 1 N–H and O–H groups in total. The van der Waals surface area contributed by atoms with Crippen molar-refractivity contribution in [1.29, 1.82) is 0 Å². The number of anilines is 1. The highest BCUT2D eigenvalue weighted by atomic mass is 19.1. The molecule has 0 amide bonds. The van der Waals surface area contributed by atoms with Crippen molar-refractivity contribution in [3.8, 4) is 0 Å². The summed E-state index contributed by atoms with van der Waals surface area (Å²) in [7, 11) is 2.08. The van der Waals surface area contributed by atoms with Crippen LogP contribution in [0.25, 0.3) is 0 Å². The van der Waals surface area contributed by atoms with Crippen molar-refractivity contribution in [3.63, 3.8) is 0 Å². The standard InChI is InChI=1S/C28H33F2N5O/c1-33-13-15-34(16-14-33)27-28(36)35(18-20-4-8-22(29)9-5-20)19-24(32-27)3-2-12-31-26-17-25(26)21-6-10-23(30)11-7-21/h4-11,19,25-26,31H,2-3,12-18H2,1H3/t25-,26+/m0/s1. The van der Waals surface area contributed by atoms with Crippen LogP contribution in [-0.2, 0) is 13.0 Å². The molecule has 2 aliphatic rings. The molecule has 1 saturated heterocycles. The molecular weight excluding hydrogens is 460 g/mol. The van der Waals surface area contributed by atoms with E-state index in [1.54, 1.807) is 16.7 Å². The number of piperazine rings is 1. The molecule has 0 spiro atoms. The van der Waals surface area contributed by atoms with Gasteiger partial charge in [0, 0.05) is 44.3 Å². The average Bonchev–Trinajstić information content (AvgIpc) is 3.65. The van der Waals surface area contributed by atoms with E-state index in [0.29, 0.717) is 24.3 Å². The van der Waals surface area contributed by atoms with Gasteiger partial charge in [0.05, 0.1) is 12.2 Å². The zero-order valence-electron chi connectivity index (χ0n) is 20.7. The van der Waals surface area contributed by atoms with Gasteiger partial charge in [-0.05, 0) is 68.2 Å². The van der Waals surface area contributed by atoms with E-state index in [9.17, 15) is 13.6 Å². The first-order valence-electron chi connectivity index (χ1n) is 12.7. The number of rotatable bonds is 9. The third kappa shape index (κ3) is 5.99. The van der Waals surface area contributed by atoms with Crippen LogP contribution in [0.3, 0.4) is 0 Å². The van der Waals surface area contributed by atoms with Crippen LogP contribution < -0.4 is 15.8 Å². The average molecular weight is 494 g/mol. The van der Waals surface area contributed by atoms with Gasteiger partial charge >= 0.3 is 0 Å². The van der Waals surface area contributed by atoms with Gasteiger partial charge in [-0.1, -0.05) is 24.3 Å². The monoisotopic (exact) mass is 493 g/mol. The molecule has 0 bridgehead atoms. The molecule has 0 radical (unpaired) electrons. The predicted molar refractivity (Wildman–Crippen MR) is 138 cm³/mol. The van der Waals surface area contributed by atoms with E-state index >= 15 is 0 Å². The van der Waals surface area contributed by atoms with E-state index in [4.69, 9.17) is 4.98 Å². The zero-order chi connectivity index (χ0) is 25.1. The second kappa shape index (κ2) is 10.9. The van der Waals surface area contributed by atoms with E-state index in [1.165, 1.54) is 29.8 Å². The van der Waals surface area contributed by atoms with Crippen LogP contribution in [0.15, 0.2) is 59.5 Å². The predicted octanol–water partition coefficient (Wildman–Crippen LogP) is 3.40. The summed E-state index contributed by atoms with van der Waals surface area (Å²) in [6, 6.07) is 13.5. The second-order valence-electron chi connectivity index (χ2n) is 9.96. The Kier molecular flexibility index (Phi) is 7.43. The Morgan fingerprint density at radius 1 is 0.972 bits per heavy atom. The fourth-order valence-electron chi connectivity index (χ4n) is 4.88. The third-order valence-corrected chi connectivity index (χ3v) is 7.18. The molecule has 2 atom stereocenters. The summed E-state index contributed by atoms with van der Waals surface area (Å²) in [6.07, 6.45) is 4.58. The van der Waals surface area contributed by atoms with Crippen molar-refractivity contribution in [2.75, 3.05) is 44.7 Å². The number of hydrogen-bond donors (Lipinski definition) is 1. The molecule has 2 aromatic carbocycles. The lowest BCUT2D eigenvalue weighted by atomic mass is 10.1. The van der Waals surface area contributed by atoms with E-state index in [-0.39, 0.29) is 17.2 Å². The van der Waals surface area contributed by atoms with Crippen molar-refractivity contribution in [2.24, 2.45) is 0 Å². The summed E-state index contributed by atoms with van der Waals surface area (Å²) in [5.41, 5.74) is 2.84. The normalized spacial score (nSPS) is 20.0. The molecule has 2 fully saturated rings. The Labute approximate surface area is 210 Å². The van der Waals surface area contributed by atoms with Gasteiger partial charge in [0.15, 0.2) is 5.82 Å². The van der Waals surface area contributed by atoms with Crippen LogP contribution >= 0.6 is 0 Å². The molecule has 1 saturated carbocycles. The molecular formula is C28H33F2N5O. The highest BCUT2D eigenvalue weighted by Crippen LogP contribution is 2.40. The smallest absolute Gasteiger partial charge is 0.293 e. The third-order valence-electron chi connectivity index (χ3n) is 7.18. The molecule has 3 aromatic rings. The summed E-state index contributed by atoms with van der Waals surface area (Å²) < 4.78 is 28.2. The molecule has 190 valence electrons. The lowest BCUT2D eigenvalue weighted by Crippen LogP contribution is -2.47. The van der Waals surface area contributed by atoms with Crippen LogP contribution in [0.4, 0.5) is 14.6 Å². The zero-order valence-corrected chi connectivity index (χ0v) is 20.7. The molecule has 1 aliphatic heterocycles. The molecule has 6 nitrogen and oxygen atoms in total. The maximum Gasteiger partial charge on any atom is 0.293 e. The van der Waals surface area contributed by atoms with Crippen molar-refractivity contribution in [3.05, 3.63) is 93.5 Å². The van der Waals surface area contributed by atoms with E-state index < -0.39 is 0 Å². The molecule has 36 heavy (non-hydrogen) atoms. The minimum atomic E-state index is -0.288. The molecule has 1 aromatic heterocycles. The fourth-order valence-corrected chi connectivity index (χ4v) is 4.88. The van der Waals surface area contributed by atoms with E-state index in [1.807, 2.05) is 18.3 Å². The number of hydrogen-bond acceptors (Lipinski definition) is 5. The summed E-state index contributed by atoms with van der Waals surface area (Å²) in [5.74, 6) is 0.469. The molecule has 8 heteroatoms. The lowest BCUT2D eigenvalue weighted by molar-refractivity contribution is 0.311. The maximum absolute atomic E-state index is 13.4. The SMILES string of the molecule is CN1CCN(c2nc(CCCN[C@@H]3C[C@H]3c3ccc(F)cc3)cn(Cc3ccc(F)cc3)c2=O)CC1. The minimum Gasteiger partial charge on any atom is -0.349 e. The number of halogens is 2. The van der Waals surface area contributed by atoms with Crippen LogP contribution in [0.5, 0.6) is 0 Å². The number of aromatic nitrogens is 2. The first-order chi connectivity index (χ1) is 17.5. The van der Waals surface area contributed by atoms with Crippen LogP contribution in [0.1, 0.15) is 35.6 Å². The number of nitrogens with zero attached hydrogens (tertiary/aromatic N) is 4. The van der Waals surface area contributed by atoms with Crippen molar-refractivity contribution < 1.29 is 8.78 Å². The Morgan fingerprint density at radius 3 is 2.33 bits per heavy atom. The summed E-state index contributed by atoms with van der Waals surface area (Å²) >= 11 is 0.